The van der Waals surface area contributed by atoms with Crippen molar-refractivity contribution >= 4 is 35.9 Å². The van der Waals surface area contributed by atoms with Gasteiger partial charge in [-0.15, -0.1) is 0 Å². The second-order valence-electron chi connectivity index (χ2n) is 7.53. The first kappa shape index (κ1) is 26.1. The van der Waals surface area contributed by atoms with E-state index in [1.54, 1.807) is 6.92 Å². The molecule has 0 radical (unpaired) electrons. The van der Waals surface area contributed by atoms with Gasteiger partial charge in [-0.25, -0.2) is 9.98 Å². The average Bonchev–Trinajstić information content (AvgIpc) is 2.71. The Morgan fingerprint density at radius 3 is 2.67 bits per heavy atom. The zero-order valence-electron chi connectivity index (χ0n) is 18.1. The van der Waals surface area contributed by atoms with E-state index in [1.165, 1.54) is 29.5 Å². The molecule has 0 aliphatic heterocycles. The van der Waals surface area contributed by atoms with E-state index in [-0.39, 0.29) is 28.2 Å². The number of halogens is 4. The second kappa shape index (κ2) is 11.6. The summed E-state index contributed by atoms with van der Waals surface area (Å²) < 4.78 is 39.8. The highest BCUT2D eigenvalue weighted by Gasteiger charge is 2.34. The Kier molecular flexibility index (Phi) is 9.22. The summed E-state index contributed by atoms with van der Waals surface area (Å²) in [6.45, 7) is 5.73. The topological polar surface area (TPSA) is 107 Å². The Morgan fingerprint density at radius 1 is 1.42 bits per heavy atom. The third-order valence-electron chi connectivity index (χ3n) is 5.18. The molecule has 0 heterocycles. The lowest BCUT2D eigenvalue weighted by Crippen LogP contribution is -2.50. The number of alkyl halides is 3. The molecule has 1 fully saturated rings. The SMILES string of the molecule is C=C(/N=C\C=C/N)N/C(=N\C=N)C(C)N(CC1CCC1)C(=O)c1cc(Cl)cc(C(F)(F)F)c1. The van der Waals surface area contributed by atoms with Crippen LogP contribution in [-0.2, 0) is 6.18 Å². The van der Waals surface area contributed by atoms with Crippen molar-refractivity contribution in [3.8, 4) is 0 Å². The standard InChI is InChI=1S/C22H26ClF3N6O/c1-14(20(30-13-28)31-15(2)29-8-4-7-27)32(12-16-5-3-6-16)21(33)17-9-18(22(24,25)26)11-19(23)10-17/h4,7-11,13-14,16H,2-3,5-6,12,27H2,1H3,(H2,28,30,31)/b7-4-,29-8-. The van der Waals surface area contributed by atoms with Gasteiger partial charge in [0.15, 0.2) is 0 Å². The maximum atomic E-state index is 13.4. The van der Waals surface area contributed by atoms with Crippen LogP contribution in [0, 0.1) is 11.3 Å². The van der Waals surface area contributed by atoms with Gasteiger partial charge in [-0.1, -0.05) is 24.6 Å². The third kappa shape index (κ3) is 7.45. The van der Waals surface area contributed by atoms with Gasteiger partial charge in [0.25, 0.3) is 5.91 Å². The van der Waals surface area contributed by atoms with Crippen molar-refractivity contribution in [3.05, 3.63) is 59.0 Å². The largest absolute Gasteiger partial charge is 0.416 e. The average molecular weight is 483 g/mol. The van der Waals surface area contributed by atoms with Crippen LogP contribution >= 0.6 is 11.6 Å². The van der Waals surface area contributed by atoms with Crippen molar-refractivity contribution < 1.29 is 18.0 Å². The molecule has 0 aromatic heterocycles. The number of amides is 1. The third-order valence-corrected chi connectivity index (χ3v) is 5.40. The number of amidine groups is 1. The Balaban J connectivity index is 2.38. The van der Waals surface area contributed by atoms with E-state index < -0.39 is 23.7 Å². The van der Waals surface area contributed by atoms with E-state index in [0.29, 0.717) is 6.54 Å². The van der Waals surface area contributed by atoms with Gasteiger partial charge in [0, 0.05) is 23.3 Å². The summed E-state index contributed by atoms with van der Waals surface area (Å²) in [5.41, 5.74) is 4.07. The van der Waals surface area contributed by atoms with Crippen LogP contribution in [0.4, 0.5) is 13.2 Å². The monoisotopic (exact) mass is 482 g/mol. The molecule has 1 atom stereocenters. The molecule has 11 heteroatoms. The quantitative estimate of drug-likeness (QED) is 0.353. The first-order chi connectivity index (χ1) is 15.6. The van der Waals surface area contributed by atoms with Gasteiger partial charge < -0.3 is 16.0 Å². The van der Waals surface area contributed by atoms with Crippen molar-refractivity contribution in [3.63, 3.8) is 0 Å². The Morgan fingerprint density at radius 2 is 2.12 bits per heavy atom. The number of allylic oxidation sites excluding steroid dienone is 1. The summed E-state index contributed by atoms with van der Waals surface area (Å²) in [6.07, 6.45) is 3.15. The Labute approximate surface area is 195 Å². The normalized spacial score (nSPS) is 16.0. The number of carbonyl (C=O) groups excluding carboxylic acids is 1. The van der Waals surface area contributed by atoms with Gasteiger partial charge >= 0.3 is 6.18 Å². The number of hydrogen-bond acceptors (Lipinski definition) is 4. The van der Waals surface area contributed by atoms with Gasteiger partial charge in [0.1, 0.15) is 18.0 Å². The second-order valence-corrected chi connectivity index (χ2v) is 7.97. The fourth-order valence-corrected chi connectivity index (χ4v) is 3.47. The number of aliphatic imine (C=N–C) groups is 2. The lowest BCUT2D eigenvalue weighted by atomic mass is 9.84. The van der Waals surface area contributed by atoms with Crippen molar-refractivity contribution in [1.29, 1.82) is 5.41 Å². The van der Waals surface area contributed by atoms with Crippen molar-refractivity contribution in [2.24, 2.45) is 21.6 Å². The summed E-state index contributed by atoms with van der Waals surface area (Å²) in [4.78, 5) is 22.8. The van der Waals surface area contributed by atoms with Crippen LogP contribution in [0.2, 0.25) is 5.02 Å². The maximum Gasteiger partial charge on any atom is 0.416 e. The number of rotatable bonds is 9. The summed E-state index contributed by atoms with van der Waals surface area (Å²) in [7, 11) is 0. The number of nitrogens with zero attached hydrogens (tertiary/aromatic N) is 3. The van der Waals surface area contributed by atoms with Crippen LogP contribution in [0.15, 0.2) is 52.9 Å². The first-order valence-corrected chi connectivity index (χ1v) is 10.6. The minimum absolute atomic E-state index is 0.179. The summed E-state index contributed by atoms with van der Waals surface area (Å²) >= 11 is 5.89. The molecule has 1 amide bonds. The molecule has 33 heavy (non-hydrogen) atoms. The predicted octanol–water partition coefficient (Wildman–Crippen LogP) is 4.60. The molecule has 0 spiro atoms. The van der Waals surface area contributed by atoms with Gasteiger partial charge in [0.2, 0.25) is 0 Å². The van der Waals surface area contributed by atoms with E-state index in [4.69, 9.17) is 22.7 Å². The molecule has 1 aromatic rings. The fourth-order valence-electron chi connectivity index (χ4n) is 3.24. The molecule has 1 saturated carbocycles. The Bertz CT molecular complexity index is 969. The van der Waals surface area contributed by atoms with E-state index >= 15 is 0 Å². The summed E-state index contributed by atoms with van der Waals surface area (Å²) in [6, 6.07) is 2.06. The van der Waals surface area contributed by atoms with Crippen molar-refractivity contribution in [2.75, 3.05) is 6.54 Å². The number of nitrogens with one attached hydrogen (secondary N) is 2. The molecular weight excluding hydrogens is 457 g/mol. The van der Waals surface area contributed by atoms with E-state index in [1.807, 2.05) is 0 Å². The van der Waals surface area contributed by atoms with Crippen molar-refractivity contribution in [1.82, 2.24) is 10.2 Å². The van der Waals surface area contributed by atoms with Crippen LogP contribution in [-0.4, -0.2) is 41.8 Å². The number of nitrogens with two attached hydrogens (primary N) is 1. The molecule has 2 rings (SSSR count). The molecular formula is C22H26ClF3N6O. The van der Waals surface area contributed by atoms with Gasteiger partial charge in [0.05, 0.1) is 11.6 Å². The lowest BCUT2D eigenvalue weighted by molar-refractivity contribution is -0.137. The highest BCUT2D eigenvalue weighted by molar-refractivity contribution is 6.31. The zero-order valence-corrected chi connectivity index (χ0v) is 18.8. The van der Waals surface area contributed by atoms with E-state index in [9.17, 15) is 18.0 Å². The number of carbonyl (C=O) groups is 1. The van der Waals surface area contributed by atoms with Gasteiger partial charge in [-0.05, 0) is 56.2 Å². The molecule has 1 unspecified atom stereocenters. The smallest absolute Gasteiger partial charge is 0.405 e. The zero-order chi connectivity index (χ0) is 24.6. The Hall–Kier alpha value is -3.14. The number of hydrogen-bond donors (Lipinski definition) is 3. The van der Waals surface area contributed by atoms with Crippen LogP contribution in [0.5, 0.6) is 0 Å². The molecule has 7 nitrogen and oxygen atoms in total. The molecule has 0 bridgehead atoms. The molecule has 0 saturated heterocycles. The van der Waals surface area contributed by atoms with Crippen LogP contribution < -0.4 is 11.1 Å². The molecule has 1 aliphatic rings. The molecule has 1 aromatic carbocycles. The molecule has 178 valence electrons. The summed E-state index contributed by atoms with van der Waals surface area (Å²) in [5, 5.41) is 10.0. The maximum absolute atomic E-state index is 13.4. The minimum Gasteiger partial charge on any atom is -0.405 e. The number of benzene rings is 1. The van der Waals surface area contributed by atoms with Crippen LogP contribution in [0.1, 0.15) is 42.1 Å². The predicted molar refractivity (Wildman–Crippen MR) is 125 cm³/mol. The van der Waals surface area contributed by atoms with Crippen LogP contribution in [0.25, 0.3) is 0 Å². The van der Waals surface area contributed by atoms with Gasteiger partial charge in [-0.3, -0.25) is 10.2 Å². The van der Waals surface area contributed by atoms with Crippen molar-refractivity contribution in [2.45, 2.75) is 38.4 Å². The van der Waals surface area contributed by atoms with Crippen LogP contribution in [0.3, 0.4) is 0 Å². The highest BCUT2D eigenvalue weighted by Crippen LogP contribution is 2.33. The minimum atomic E-state index is -4.65. The highest BCUT2D eigenvalue weighted by atomic mass is 35.5. The van der Waals surface area contributed by atoms with E-state index in [0.717, 1.165) is 37.7 Å². The van der Waals surface area contributed by atoms with E-state index in [2.05, 4.69) is 21.9 Å². The lowest BCUT2D eigenvalue weighted by Gasteiger charge is -2.36. The summed E-state index contributed by atoms with van der Waals surface area (Å²) in [5.74, 6) is -0.0368. The molecule has 1 aliphatic carbocycles. The first-order valence-electron chi connectivity index (χ1n) is 10.2. The molecule has 4 N–H and O–H groups in total. The van der Waals surface area contributed by atoms with Gasteiger partial charge in [-0.2, -0.15) is 13.2 Å². The fraction of sp³-hybridized carbons (Fsp3) is 0.364.